The summed E-state index contributed by atoms with van der Waals surface area (Å²) in [6.45, 7) is 0. The third kappa shape index (κ3) is 1.43. The van der Waals surface area contributed by atoms with E-state index in [1.54, 1.807) is 0 Å². The fourth-order valence-corrected chi connectivity index (χ4v) is 2.15. The Hall–Kier alpha value is -1.35. The normalized spacial score (nSPS) is 18.3. The molecule has 2 heterocycles. The molecule has 3 rings (SSSR count). The van der Waals surface area contributed by atoms with E-state index in [9.17, 15) is 0 Å². The number of fused-ring (bicyclic) bond motifs is 1. The van der Waals surface area contributed by atoms with Gasteiger partial charge in [0.2, 0.25) is 0 Å². The van der Waals surface area contributed by atoms with E-state index in [-0.39, 0.29) is 5.54 Å². The molecule has 1 fully saturated rings. The summed E-state index contributed by atoms with van der Waals surface area (Å²) in [6.07, 6.45) is 7.29. The molecular weight excluding hydrogens is 186 g/mol. The predicted octanol–water partition coefficient (Wildman–Crippen LogP) is 1.61. The van der Waals surface area contributed by atoms with E-state index >= 15 is 0 Å². The minimum absolute atomic E-state index is 0.0735. The first-order chi connectivity index (χ1) is 7.18. The molecule has 1 aliphatic rings. The van der Waals surface area contributed by atoms with Crippen LogP contribution in [-0.2, 0) is 13.5 Å². The van der Waals surface area contributed by atoms with Gasteiger partial charge in [-0.3, -0.25) is 0 Å². The van der Waals surface area contributed by atoms with Gasteiger partial charge in [0.15, 0.2) is 0 Å². The summed E-state index contributed by atoms with van der Waals surface area (Å²) in [6, 6.07) is 4.12. The quantitative estimate of drug-likeness (QED) is 0.802. The number of nitrogens with two attached hydrogens (primary N) is 1. The minimum Gasteiger partial charge on any atom is -0.335 e. The zero-order chi connectivity index (χ0) is 10.5. The van der Waals surface area contributed by atoms with Gasteiger partial charge in [-0.15, -0.1) is 0 Å². The van der Waals surface area contributed by atoms with Gasteiger partial charge < -0.3 is 10.3 Å². The van der Waals surface area contributed by atoms with Crippen molar-refractivity contribution in [3.8, 4) is 0 Å². The molecular formula is C12H15N3. The summed E-state index contributed by atoms with van der Waals surface area (Å²) >= 11 is 0. The van der Waals surface area contributed by atoms with Crippen LogP contribution in [0, 0.1) is 0 Å². The maximum Gasteiger partial charge on any atom is 0.139 e. The molecule has 3 nitrogen and oxygen atoms in total. The second kappa shape index (κ2) is 2.83. The SMILES string of the molecule is Cn1cc(CC2(N)CC2)c2cccnc21. The van der Waals surface area contributed by atoms with Crippen molar-refractivity contribution in [2.24, 2.45) is 12.8 Å². The van der Waals surface area contributed by atoms with Crippen LogP contribution in [0.25, 0.3) is 11.0 Å². The monoisotopic (exact) mass is 201 g/mol. The lowest BCUT2D eigenvalue weighted by atomic mass is 10.1. The molecule has 0 aromatic carbocycles. The van der Waals surface area contributed by atoms with Crippen LogP contribution in [-0.4, -0.2) is 15.1 Å². The van der Waals surface area contributed by atoms with Crippen LogP contribution in [0.1, 0.15) is 18.4 Å². The summed E-state index contributed by atoms with van der Waals surface area (Å²) in [5.41, 5.74) is 8.61. The van der Waals surface area contributed by atoms with Crippen molar-refractivity contribution in [3.63, 3.8) is 0 Å². The first-order valence-electron chi connectivity index (χ1n) is 5.36. The Balaban J connectivity index is 2.10. The number of aromatic nitrogens is 2. The lowest BCUT2D eigenvalue weighted by molar-refractivity contribution is 0.673. The number of pyridine rings is 1. The zero-order valence-electron chi connectivity index (χ0n) is 8.90. The van der Waals surface area contributed by atoms with Gasteiger partial charge >= 0.3 is 0 Å². The number of hydrogen-bond donors (Lipinski definition) is 1. The number of nitrogens with zero attached hydrogens (tertiary/aromatic N) is 2. The van der Waals surface area contributed by atoms with Crippen LogP contribution in [0.15, 0.2) is 24.5 Å². The van der Waals surface area contributed by atoms with Crippen molar-refractivity contribution in [3.05, 3.63) is 30.1 Å². The summed E-state index contributed by atoms with van der Waals surface area (Å²) in [7, 11) is 2.04. The Bertz CT molecular complexity index is 509. The maximum absolute atomic E-state index is 6.15. The molecule has 2 N–H and O–H groups in total. The van der Waals surface area contributed by atoms with E-state index in [0.717, 1.165) is 24.9 Å². The van der Waals surface area contributed by atoms with E-state index in [1.165, 1.54) is 10.9 Å². The van der Waals surface area contributed by atoms with Crippen LogP contribution in [0.3, 0.4) is 0 Å². The van der Waals surface area contributed by atoms with Gasteiger partial charge in [0.05, 0.1) is 0 Å². The highest BCUT2D eigenvalue weighted by Crippen LogP contribution is 2.37. The van der Waals surface area contributed by atoms with Crippen LogP contribution < -0.4 is 5.73 Å². The molecule has 2 aromatic heterocycles. The summed E-state index contributed by atoms with van der Waals surface area (Å²) in [5, 5.41) is 1.25. The fraction of sp³-hybridized carbons (Fsp3) is 0.417. The van der Waals surface area contributed by atoms with E-state index in [4.69, 9.17) is 5.73 Å². The lowest BCUT2D eigenvalue weighted by Crippen LogP contribution is -2.24. The van der Waals surface area contributed by atoms with Gasteiger partial charge in [-0.1, -0.05) is 0 Å². The first-order valence-corrected chi connectivity index (χ1v) is 5.36. The lowest BCUT2D eigenvalue weighted by Gasteiger charge is -2.06. The van der Waals surface area contributed by atoms with Gasteiger partial charge in [0.25, 0.3) is 0 Å². The largest absolute Gasteiger partial charge is 0.335 e. The van der Waals surface area contributed by atoms with Crippen molar-refractivity contribution < 1.29 is 0 Å². The predicted molar refractivity (Wildman–Crippen MR) is 60.6 cm³/mol. The van der Waals surface area contributed by atoms with Crippen LogP contribution >= 0.6 is 0 Å². The topological polar surface area (TPSA) is 43.8 Å². The molecule has 0 spiro atoms. The summed E-state index contributed by atoms with van der Waals surface area (Å²) in [4.78, 5) is 4.37. The molecule has 1 saturated carbocycles. The molecule has 2 aromatic rings. The second-order valence-corrected chi connectivity index (χ2v) is 4.68. The average molecular weight is 201 g/mol. The molecule has 0 aliphatic heterocycles. The van der Waals surface area contributed by atoms with Gasteiger partial charge in [-0.05, 0) is 37.0 Å². The molecule has 0 atom stereocenters. The van der Waals surface area contributed by atoms with Crippen molar-refractivity contribution in [2.45, 2.75) is 24.8 Å². The van der Waals surface area contributed by atoms with E-state index in [2.05, 4.69) is 21.8 Å². The van der Waals surface area contributed by atoms with Gasteiger partial charge in [-0.2, -0.15) is 0 Å². The van der Waals surface area contributed by atoms with Crippen LogP contribution in [0.4, 0.5) is 0 Å². The summed E-state index contributed by atoms with van der Waals surface area (Å²) in [5.74, 6) is 0. The van der Waals surface area contributed by atoms with Gasteiger partial charge in [0, 0.05) is 30.4 Å². The summed E-state index contributed by atoms with van der Waals surface area (Å²) < 4.78 is 2.08. The molecule has 1 aliphatic carbocycles. The highest BCUT2D eigenvalue weighted by molar-refractivity contribution is 5.80. The van der Waals surface area contributed by atoms with Gasteiger partial charge in [-0.25, -0.2) is 4.98 Å². The minimum atomic E-state index is 0.0735. The van der Waals surface area contributed by atoms with E-state index in [1.807, 2.05) is 19.3 Å². The van der Waals surface area contributed by atoms with E-state index in [0.29, 0.717) is 0 Å². The highest BCUT2D eigenvalue weighted by atomic mass is 15.0. The second-order valence-electron chi connectivity index (χ2n) is 4.68. The Kier molecular flexibility index (Phi) is 1.68. The van der Waals surface area contributed by atoms with Gasteiger partial charge in [0.1, 0.15) is 5.65 Å². The standard InChI is InChI=1S/C12H15N3/c1-15-8-9(7-12(13)4-5-12)10-3-2-6-14-11(10)15/h2-3,6,8H,4-5,7,13H2,1H3. The number of hydrogen-bond acceptors (Lipinski definition) is 2. The molecule has 0 saturated heterocycles. The van der Waals surface area contributed by atoms with Crippen molar-refractivity contribution in [2.75, 3.05) is 0 Å². The molecule has 0 unspecified atom stereocenters. The third-order valence-corrected chi connectivity index (χ3v) is 3.25. The van der Waals surface area contributed by atoms with Crippen molar-refractivity contribution in [1.29, 1.82) is 0 Å². The van der Waals surface area contributed by atoms with Crippen LogP contribution in [0.5, 0.6) is 0 Å². The Labute approximate surface area is 88.9 Å². The smallest absolute Gasteiger partial charge is 0.139 e. The van der Waals surface area contributed by atoms with E-state index < -0.39 is 0 Å². The number of rotatable bonds is 2. The Morgan fingerprint density at radius 3 is 3.07 bits per heavy atom. The first kappa shape index (κ1) is 8.92. The molecule has 0 radical (unpaired) electrons. The highest BCUT2D eigenvalue weighted by Gasteiger charge is 2.38. The molecule has 15 heavy (non-hydrogen) atoms. The van der Waals surface area contributed by atoms with Crippen molar-refractivity contribution in [1.82, 2.24) is 9.55 Å². The molecule has 0 amide bonds. The Morgan fingerprint density at radius 2 is 2.33 bits per heavy atom. The average Bonchev–Trinajstić information content (AvgIpc) is 2.87. The van der Waals surface area contributed by atoms with Crippen molar-refractivity contribution >= 4 is 11.0 Å². The molecule has 0 bridgehead atoms. The zero-order valence-corrected chi connectivity index (χ0v) is 8.90. The Morgan fingerprint density at radius 1 is 1.53 bits per heavy atom. The third-order valence-electron chi connectivity index (χ3n) is 3.25. The fourth-order valence-electron chi connectivity index (χ4n) is 2.15. The maximum atomic E-state index is 6.15. The molecule has 78 valence electrons. The molecule has 3 heteroatoms. The number of aryl methyl sites for hydroxylation is 1. The van der Waals surface area contributed by atoms with Crippen LogP contribution in [0.2, 0.25) is 0 Å².